The van der Waals surface area contributed by atoms with E-state index in [2.05, 4.69) is 0 Å². The lowest BCUT2D eigenvalue weighted by Gasteiger charge is -2.31. The molecule has 11 nitrogen and oxygen atoms in total. The van der Waals surface area contributed by atoms with Crippen molar-refractivity contribution in [2.45, 2.75) is 45.8 Å². The standard InChI is InChI=1S/C26H31NO10/c1-5-33-25(31)36-19-13-12-18(14-20(19)37-26(32)34-6-2)21(22(27)23(28)29)15(3)16(4)35-24(30)17-10-8-7-9-11-17/h7-16,21-22H,5-6,27H2,1-4H3,(H,28,29)/t15?,16?,21?,22-/m0/s1. The van der Waals surface area contributed by atoms with Crippen molar-refractivity contribution in [3.63, 3.8) is 0 Å². The van der Waals surface area contributed by atoms with E-state index in [4.69, 9.17) is 29.4 Å². The monoisotopic (exact) mass is 517 g/mol. The van der Waals surface area contributed by atoms with E-state index < -0.39 is 48.2 Å². The van der Waals surface area contributed by atoms with E-state index in [0.29, 0.717) is 11.1 Å². The van der Waals surface area contributed by atoms with E-state index in [1.54, 1.807) is 58.0 Å². The summed E-state index contributed by atoms with van der Waals surface area (Å²) in [7, 11) is 0. The Bertz CT molecular complexity index is 1090. The Morgan fingerprint density at radius 3 is 1.97 bits per heavy atom. The van der Waals surface area contributed by atoms with Gasteiger partial charge in [0.05, 0.1) is 18.8 Å². The predicted molar refractivity (Wildman–Crippen MR) is 131 cm³/mol. The molecule has 0 saturated heterocycles. The summed E-state index contributed by atoms with van der Waals surface area (Å²) in [6.07, 6.45) is -2.85. The zero-order valence-corrected chi connectivity index (χ0v) is 21.0. The van der Waals surface area contributed by atoms with Gasteiger partial charge in [-0.1, -0.05) is 31.2 Å². The van der Waals surface area contributed by atoms with E-state index in [-0.39, 0.29) is 24.7 Å². The molecule has 0 heterocycles. The second kappa shape index (κ2) is 13.8. The molecule has 0 aliphatic rings. The van der Waals surface area contributed by atoms with E-state index in [9.17, 15) is 24.3 Å². The van der Waals surface area contributed by atoms with E-state index in [0.717, 1.165) is 0 Å². The third-order valence-corrected chi connectivity index (χ3v) is 5.54. The molecular formula is C26H31NO10. The number of nitrogens with two attached hydrogens (primary N) is 1. The number of benzene rings is 2. The zero-order chi connectivity index (χ0) is 27.5. The lowest BCUT2D eigenvalue weighted by molar-refractivity contribution is -0.139. The Hall–Kier alpha value is -4.12. The first kappa shape index (κ1) is 29.1. The molecule has 0 aliphatic carbocycles. The molecular weight excluding hydrogens is 486 g/mol. The van der Waals surface area contributed by atoms with Gasteiger partial charge in [-0.2, -0.15) is 0 Å². The van der Waals surface area contributed by atoms with Gasteiger partial charge in [-0.25, -0.2) is 14.4 Å². The van der Waals surface area contributed by atoms with Crippen LogP contribution >= 0.6 is 0 Å². The Balaban J connectivity index is 2.42. The molecule has 11 heteroatoms. The van der Waals surface area contributed by atoms with Crippen molar-refractivity contribution in [3.05, 3.63) is 59.7 Å². The number of esters is 1. The molecule has 0 aromatic heterocycles. The number of ether oxygens (including phenoxy) is 5. The molecule has 4 atom stereocenters. The van der Waals surface area contributed by atoms with Gasteiger partial charge in [-0.15, -0.1) is 0 Å². The van der Waals surface area contributed by atoms with Crippen molar-refractivity contribution < 1.29 is 48.0 Å². The highest BCUT2D eigenvalue weighted by Gasteiger charge is 2.36. The molecule has 0 radical (unpaired) electrons. The van der Waals surface area contributed by atoms with Crippen molar-refractivity contribution in [1.82, 2.24) is 0 Å². The van der Waals surface area contributed by atoms with Crippen molar-refractivity contribution in [3.8, 4) is 11.5 Å². The minimum atomic E-state index is -1.42. The van der Waals surface area contributed by atoms with Gasteiger partial charge in [0, 0.05) is 11.8 Å². The maximum Gasteiger partial charge on any atom is 0.513 e. The van der Waals surface area contributed by atoms with E-state index >= 15 is 0 Å². The highest BCUT2D eigenvalue weighted by Crippen LogP contribution is 2.37. The first-order valence-corrected chi connectivity index (χ1v) is 11.7. The molecule has 2 rings (SSSR count). The van der Waals surface area contributed by atoms with E-state index in [1.165, 1.54) is 18.2 Å². The highest BCUT2D eigenvalue weighted by molar-refractivity contribution is 5.89. The smallest absolute Gasteiger partial charge is 0.480 e. The number of aliphatic carboxylic acids is 1. The fraction of sp³-hybridized carbons (Fsp3) is 0.385. The van der Waals surface area contributed by atoms with Crippen molar-refractivity contribution >= 4 is 24.2 Å². The van der Waals surface area contributed by atoms with Gasteiger partial charge in [0.15, 0.2) is 11.5 Å². The summed E-state index contributed by atoms with van der Waals surface area (Å²) < 4.78 is 25.4. The van der Waals surface area contributed by atoms with Gasteiger partial charge in [-0.05, 0) is 50.6 Å². The second-order valence-electron chi connectivity index (χ2n) is 8.00. The van der Waals surface area contributed by atoms with Crippen LogP contribution in [0.15, 0.2) is 48.5 Å². The van der Waals surface area contributed by atoms with Gasteiger partial charge >= 0.3 is 24.2 Å². The van der Waals surface area contributed by atoms with Gasteiger partial charge in [0.2, 0.25) is 0 Å². The molecule has 0 amide bonds. The number of hydrogen-bond donors (Lipinski definition) is 2. The van der Waals surface area contributed by atoms with Gasteiger partial charge in [0.25, 0.3) is 0 Å². The molecule has 200 valence electrons. The van der Waals surface area contributed by atoms with Crippen LogP contribution in [0.5, 0.6) is 11.5 Å². The molecule has 2 aromatic rings. The molecule has 0 aliphatic heterocycles. The minimum absolute atomic E-state index is 0.0282. The van der Waals surface area contributed by atoms with Gasteiger partial charge in [0.1, 0.15) is 12.1 Å². The van der Waals surface area contributed by atoms with Gasteiger partial charge < -0.3 is 34.5 Å². The molecule has 3 N–H and O–H groups in total. The Kier molecular flexibility index (Phi) is 10.9. The molecule has 0 fully saturated rings. The summed E-state index contributed by atoms with van der Waals surface area (Å²) in [5.74, 6) is -3.75. The molecule has 37 heavy (non-hydrogen) atoms. The first-order chi connectivity index (χ1) is 17.6. The van der Waals surface area contributed by atoms with E-state index in [1.807, 2.05) is 0 Å². The summed E-state index contributed by atoms with van der Waals surface area (Å²) in [6.45, 7) is 6.56. The summed E-state index contributed by atoms with van der Waals surface area (Å²) in [5.41, 5.74) is 6.73. The normalized spacial score (nSPS) is 13.9. The number of carboxylic acid groups (broad SMARTS) is 1. The topological polar surface area (TPSA) is 161 Å². The van der Waals surface area contributed by atoms with Crippen molar-refractivity contribution in [2.75, 3.05) is 13.2 Å². The number of carbonyl (C=O) groups is 4. The van der Waals surface area contributed by atoms with Crippen molar-refractivity contribution in [2.24, 2.45) is 11.7 Å². The number of rotatable bonds is 11. The average molecular weight is 518 g/mol. The van der Waals surface area contributed by atoms with Crippen LogP contribution < -0.4 is 15.2 Å². The van der Waals surface area contributed by atoms with Crippen LogP contribution in [-0.2, 0) is 19.0 Å². The quantitative estimate of drug-likeness (QED) is 0.250. The van der Waals surface area contributed by atoms with Crippen LogP contribution in [0.1, 0.15) is 49.5 Å². The lowest BCUT2D eigenvalue weighted by atomic mass is 9.79. The number of hydrogen-bond acceptors (Lipinski definition) is 10. The molecule has 3 unspecified atom stereocenters. The number of carboxylic acids is 1. The minimum Gasteiger partial charge on any atom is -0.480 e. The molecule has 0 saturated carbocycles. The highest BCUT2D eigenvalue weighted by atomic mass is 16.7. The maximum absolute atomic E-state index is 12.6. The van der Waals surface area contributed by atoms with Crippen LogP contribution in [0.2, 0.25) is 0 Å². The zero-order valence-electron chi connectivity index (χ0n) is 21.0. The maximum atomic E-state index is 12.6. The van der Waals surface area contributed by atoms with Crippen LogP contribution in [0, 0.1) is 5.92 Å². The predicted octanol–water partition coefficient (Wildman–Crippen LogP) is 4.13. The molecule has 0 bridgehead atoms. The van der Waals surface area contributed by atoms with Crippen LogP contribution in [-0.4, -0.2) is 54.7 Å². The first-order valence-electron chi connectivity index (χ1n) is 11.7. The molecule has 0 spiro atoms. The van der Waals surface area contributed by atoms with Crippen LogP contribution in [0.4, 0.5) is 9.59 Å². The summed E-state index contributed by atoms with van der Waals surface area (Å²) >= 11 is 0. The Morgan fingerprint density at radius 1 is 0.865 bits per heavy atom. The van der Waals surface area contributed by atoms with Crippen LogP contribution in [0.3, 0.4) is 0 Å². The largest absolute Gasteiger partial charge is 0.513 e. The van der Waals surface area contributed by atoms with Crippen LogP contribution in [0.25, 0.3) is 0 Å². The lowest BCUT2D eigenvalue weighted by Crippen LogP contribution is -2.42. The number of carbonyl (C=O) groups excluding carboxylic acids is 3. The summed E-state index contributed by atoms with van der Waals surface area (Å²) in [6, 6.07) is 11.0. The Morgan fingerprint density at radius 2 is 1.43 bits per heavy atom. The summed E-state index contributed by atoms with van der Waals surface area (Å²) in [5, 5.41) is 9.70. The molecule has 2 aromatic carbocycles. The second-order valence-corrected chi connectivity index (χ2v) is 8.00. The third-order valence-electron chi connectivity index (χ3n) is 5.54. The third kappa shape index (κ3) is 8.21. The van der Waals surface area contributed by atoms with Gasteiger partial charge in [-0.3, -0.25) is 4.79 Å². The fourth-order valence-corrected chi connectivity index (χ4v) is 3.57. The average Bonchev–Trinajstić information content (AvgIpc) is 2.86. The fourth-order valence-electron chi connectivity index (χ4n) is 3.57. The SMILES string of the molecule is CCOC(=O)Oc1ccc(C(C(C)C(C)OC(=O)c2ccccc2)[C@H](N)C(=O)O)cc1OC(=O)OCC. The summed E-state index contributed by atoms with van der Waals surface area (Å²) in [4.78, 5) is 48.3. The van der Waals surface area contributed by atoms with Crippen molar-refractivity contribution in [1.29, 1.82) is 0 Å². The Labute approximate surface area is 214 Å².